The standard InChI is InChI=1S/C22H18F6Si/c1-8(2)4-13-16-18-14-9(3)20(29-13)19(16)15(17(14)18)10-5-11(21(23,24)25)7-12(6-10)22(26,27)28/h5-8,13,18,29H,4H2,1-3H3. The van der Waals surface area contributed by atoms with Gasteiger partial charge in [0.1, 0.15) is 0 Å². The Labute approximate surface area is 165 Å². The van der Waals surface area contributed by atoms with Crippen LogP contribution in [0, 0.1) is 17.7 Å². The fraction of sp³-hybridized carbons (Fsp3) is 0.409. The third-order valence-electron chi connectivity index (χ3n) is 6.35. The molecule has 0 fully saturated rings. The van der Waals surface area contributed by atoms with E-state index in [1.54, 1.807) is 0 Å². The van der Waals surface area contributed by atoms with Gasteiger partial charge in [-0.05, 0) is 86.4 Å². The van der Waals surface area contributed by atoms with Crippen LogP contribution in [0.3, 0.4) is 0 Å². The molecule has 0 nitrogen and oxygen atoms in total. The minimum absolute atomic E-state index is 0.0343. The van der Waals surface area contributed by atoms with Crippen LogP contribution in [0.1, 0.15) is 54.0 Å². The summed E-state index contributed by atoms with van der Waals surface area (Å²) in [6, 6.07) is 2.00. The van der Waals surface area contributed by atoms with Crippen LogP contribution in [0.15, 0.2) is 18.2 Å². The summed E-state index contributed by atoms with van der Waals surface area (Å²) < 4.78 is 80.1. The van der Waals surface area contributed by atoms with E-state index >= 15 is 0 Å². The second-order valence-corrected chi connectivity index (χ2v) is 10.4. The summed E-state index contributed by atoms with van der Waals surface area (Å²) >= 11 is 0. The predicted molar refractivity (Wildman–Crippen MR) is 101 cm³/mol. The van der Waals surface area contributed by atoms with Crippen molar-refractivity contribution in [2.45, 2.75) is 51.0 Å². The number of benzene rings is 2. The van der Waals surface area contributed by atoms with E-state index in [0.717, 1.165) is 34.9 Å². The normalized spacial score (nSPS) is 21.2. The van der Waals surface area contributed by atoms with E-state index in [-0.39, 0.29) is 26.7 Å². The van der Waals surface area contributed by atoms with Crippen LogP contribution in [0.5, 0.6) is 0 Å². The van der Waals surface area contributed by atoms with Gasteiger partial charge >= 0.3 is 12.4 Å². The molecule has 0 saturated heterocycles. The first kappa shape index (κ1) is 19.1. The van der Waals surface area contributed by atoms with Gasteiger partial charge in [0, 0.05) is 15.0 Å². The van der Waals surface area contributed by atoms with Crippen molar-refractivity contribution >= 4 is 14.7 Å². The Morgan fingerprint density at radius 1 is 0.931 bits per heavy atom. The summed E-state index contributed by atoms with van der Waals surface area (Å²) in [6.45, 7) is 6.35. The average molecular weight is 424 g/mol. The molecule has 152 valence electrons. The number of alkyl halides is 6. The van der Waals surface area contributed by atoms with Gasteiger partial charge in [0.2, 0.25) is 0 Å². The molecule has 1 aliphatic heterocycles. The van der Waals surface area contributed by atoms with Crippen molar-refractivity contribution in [3.63, 3.8) is 0 Å². The first-order valence-electron chi connectivity index (χ1n) is 9.61. The van der Waals surface area contributed by atoms with Crippen molar-refractivity contribution in [1.29, 1.82) is 0 Å². The van der Waals surface area contributed by atoms with Crippen molar-refractivity contribution in [1.82, 2.24) is 0 Å². The van der Waals surface area contributed by atoms with Gasteiger partial charge < -0.3 is 0 Å². The lowest BCUT2D eigenvalue weighted by atomic mass is 9.92. The molecule has 2 aromatic carbocycles. The molecule has 2 unspecified atom stereocenters. The maximum atomic E-state index is 13.3. The summed E-state index contributed by atoms with van der Waals surface area (Å²) in [5, 5.41) is 0.977. The quantitative estimate of drug-likeness (QED) is 0.429. The maximum Gasteiger partial charge on any atom is 0.416 e. The van der Waals surface area contributed by atoms with Gasteiger partial charge in [-0.1, -0.05) is 13.8 Å². The first-order chi connectivity index (χ1) is 13.4. The lowest BCUT2D eigenvalue weighted by Gasteiger charge is -2.16. The number of hydrogen-bond donors (Lipinski definition) is 0. The second-order valence-electron chi connectivity index (χ2n) is 8.70. The fourth-order valence-electron chi connectivity index (χ4n) is 5.28. The molecule has 29 heavy (non-hydrogen) atoms. The van der Waals surface area contributed by atoms with Gasteiger partial charge in [-0.3, -0.25) is 0 Å². The zero-order valence-electron chi connectivity index (χ0n) is 16.0. The van der Waals surface area contributed by atoms with Crippen LogP contribution in [-0.2, 0) is 12.4 Å². The van der Waals surface area contributed by atoms with Crippen molar-refractivity contribution in [3.05, 3.63) is 56.0 Å². The van der Waals surface area contributed by atoms with Gasteiger partial charge in [0.25, 0.3) is 0 Å². The summed E-state index contributed by atoms with van der Waals surface area (Å²) in [5.41, 5.74) is 3.25. The zero-order valence-corrected chi connectivity index (χ0v) is 17.2. The molecule has 1 heterocycles. The monoisotopic (exact) mass is 424 g/mol. The largest absolute Gasteiger partial charge is 0.416 e. The summed E-state index contributed by atoms with van der Waals surface area (Å²) in [5.74, 6) is 0.644. The van der Waals surface area contributed by atoms with E-state index in [0.29, 0.717) is 17.0 Å². The van der Waals surface area contributed by atoms with Crippen molar-refractivity contribution < 1.29 is 26.3 Å². The molecule has 6 rings (SSSR count). The zero-order chi connectivity index (χ0) is 21.0. The minimum Gasteiger partial charge on any atom is -0.166 e. The molecule has 0 radical (unpaired) electrons. The third kappa shape index (κ3) is 2.62. The topological polar surface area (TPSA) is 0 Å². The van der Waals surface area contributed by atoms with Gasteiger partial charge in [-0.25, -0.2) is 0 Å². The van der Waals surface area contributed by atoms with Crippen LogP contribution in [0.2, 0.25) is 5.54 Å². The maximum absolute atomic E-state index is 13.3. The van der Waals surface area contributed by atoms with Crippen molar-refractivity contribution in [2.24, 2.45) is 5.92 Å². The highest BCUT2D eigenvalue weighted by Gasteiger charge is 2.51. The van der Waals surface area contributed by atoms with E-state index in [1.165, 1.54) is 16.0 Å². The van der Waals surface area contributed by atoms with Crippen LogP contribution in [-0.4, -0.2) is 9.13 Å². The van der Waals surface area contributed by atoms with Gasteiger partial charge in [-0.2, -0.15) is 26.3 Å². The Hall–Kier alpha value is -1.89. The Morgan fingerprint density at radius 3 is 2.03 bits per heavy atom. The molecular weight excluding hydrogens is 406 g/mol. The lowest BCUT2D eigenvalue weighted by molar-refractivity contribution is -0.143. The Kier molecular flexibility index (Phi) is 3.70. The number of hydrogen-bond acceptors (Lipinski definition) is 0. The van der Waals surface area contributed by atoms with Crippen molar-refractivity contribution in [3.8, 4) is 11.1 Å². The summed E-state index contributed by atoms with van der Waals surface area (Å²) in [7, 11) is -0.0343. The molecule has 6 bridgehead atoms. The molecule has 0 spiro atoms. The molecule has 2 aromatic rings. The van der Waals surface area contributed by atoms with Crippen LogP contribution in [0.25, 0.3) is 16.7 Å². The Morgan fingerprint density at radius 2 is 1.52 bits per heavy atom. The summed E-state index contributed by atoms with van der Waals surface area (Å²) in [4.78, 5) is 1.21. The van der Waals surface area contributed by atoms with Gasteiger partial charge in [-0.15, -0.1) is 0 Å². The van der Waals surface area contributed by atoms with E-state index in [1.807, 2.05) is 0 Å². The molecule has 0 N–H and O–H groups in total. The van der Waals surface area contributed by atoms with Crippen LogP contribution < -0.4 is 5.22 Å². The highest BCUT2D eigenvalue weighted by Crippen LogP contribution is 2.63. The molecule has 3 aliphatic carbocycles. The van der Waals surface area contributed by atoms with Crippen molar-refractivity contribution in [2.75, 3.05) is 0 Å². The Bertz CT molecular complexity index is 1170. The number of rotatable bonds is 3. The minimum atomic E-state index is -4.83. The molecule has 0 saturated carbocycles. The molecule has 4 aliphatic rings. The predicted octanol–water partition coefficient (Wildman–Crippen LogP) is 5.84. The molecular formula is C22H18F6Si. The molecule has 0 aromatic heterocycles. The third-order valence-corrected chi connectivity index (χ3v) is 8.44. The van der Waals surface area contributed by atoms with Crippen LogP contribution in [0.4, 0.5) is 26.3 Å². The van der Waals surface area contributed by atoms with E-state index in [4.69, 9.17) is 0 Å². The molecule has 2 atom stereocenters. The smallest absolute Gasteiger partial charge is 0.166 e. The van der Waals surface area contributed by atoms with Gasteiger partial charge in [0.15, 0.2) is 0 Å². The van der Waals surface area contributed by atoms with Gasteiger partial charge in [0.05, 0.1) is 11.1 Å². The fourth-order valence-corrected chi connectivity index (χ4v) is 7.78. The van der Waals surface area contributed by atoms with E-state index in [9.17, 15) is 26.3 Å². The highest BCUT2D eigenvalue weighted by molar-refractivity contribution is 6.37. The molecule has 0 amide bonds. The second kappa shape index (κ2) is 5.62. The molecule has 7 heteroatoms. The van der Waals surface area contributed by atoms with E-state index in [2.05, 4.69) is 20.8 Å². The van der Waals surface area contributed by atoms with Crippen LogP contribution >= 0.6 is 0 Å². The highest BCUT2D eigenvalue weighted by atomic mass is 28.2. The first-order valence-corrected chi connectivity index (χ1v) is 10.9. The Balaban J connectivity index is 1.77. The SMILES string of the molecule is Cc1c2c3c(-c4cc(C(F)(F)F)cc(C(F)(F)F)c4)c4c1=[SiH]C(CC(C)C)C=4C23. The summed E-state index contributed by atoms with van der Waals surface area (Å²) in [6.07, 6.45) is -8.63. The van der Waals surface area contributed by atoms with E-state index < -0.39 is 23.5 Å². The average Bonchev–Trinajstić information content (AvgIpc) is 3.10. The lowest BCUT2D eigenvalue weighted by Crippen LogP contribution is -2.14. The number of halogens is 6.